The number of anilines is 1. The molecule has 2 rings (SSSR count). The maximum Gasteiger partial charge on any atom is 0.269 e. The second kappa shape index (κ2) is 5.25. The first-order chi connectivity index (χ1) is 9.35. The highest BCUT2D eigenvalue weighted by Crippen LogP contribution is 2.14. The van der Waals surface area contributed by atoms with Crippen LogP contribution in [0.2, 0.25) is 0 Å². The third-order valence-electron chi connectivity index (χ3n) is 2.35. The highest BCUT2D eigenvalue weighted by atomic mass is 32.2. The quantitative estimate of drug-likeness (QED) is 0.624. The molecule has 0 saturated heterocycles. The van der Waals surface area contributed by atoms with Gasteiger partial charge in [-0.1, -0.05) is 12.1 Å². The molecule has 0 saturated carbocycles. The van der Waals surface area contributed by atoms with Crippen LogP contribution in [0.15, 0.2) is 24.3 Å². The smallest absolute Gasteiger partial charge is 0.261 e. The van der Waals surface area contributed by atoms with E-state index >= 15 is 0 Å². The van der Waals surface area contributed by atoms with Crippen LogP contribution in [0, 0.1) is 17.0 Å². The monoisotopic (exact) mass is 297 g/mol. The second-order valence-electron chi connectivity index (χ2n) is 4.03. The summed E-state index contributed by atoms with van der Waals surface area (Å²) in [6.45, 7) is 1.64. The Hall–Kier alpha value is -2.49. The Morgan fingerprint density at radius 3 is 2.50 bits per heavy atom. The van der Waals surface area contributed by atoms with Crippen molar-refractivity contribution in [3.63, 3.8) is 0 Å². The van der Waals surface area contributed by atoms with Gasteiger partial charge in [0, 0.05) is 12.1 Å². The van der Waals surface area contributed by atoms with Gasteiger partial charge in [-0.3, -0.25) is 15.2 Å². The number of H-pyrrole nitrogens is 1. The molecule has 0 aliphatic carbocycles. The van der Waals surface area contributed by atoms with Gasteiger partial charge >= 0.3 is 0 Å². The van der Waals surface area contributed by atoms with Gasteiger partial charge in [0.2, 0.25) is 10.0 Å². The Balaban J connectivity index is 2.09. The third kappa shape index (κ3) is 3.51. The number of hydrogen-bond acceptors (Lipinski definition) is 6. The number of aromatic amines is 1. The molecule has 2 N–H and O–H groups in total. The van der Waals surface area contributed by atoms with Gasteiger partial charge in [0.15, 0.2) is 0 Å². The van der Waals surface area contributed by atoms with Crippen molar-refractivity contribution in [2.24, 2.45) is 0 Å². The summed E-state index contributed by atoms with van der Waals surface area (Å²) in [6, 6.07) is 5.28. The molecule has 0 bridgehead atoms. The number of hydrogen-bond donors (Lipinski definition) is 2. The predicted molar refractivity (Wildman–Crippen MR) is 70.5 cm³/mol. The summed E-state index contributed by atoms with van der Waals surface area (Å²) in [5.41, 5.74) is 0.332. The average molecular weight is 297 g/mol. The number of nitrogens with zero attached hydrogens (tertiary/aromatic N) is 3. The van der Waals surface area contributed by atoms with E-state index in [2.05, 4.69) is 19.9 Å². The van der Waals surface area contributed by atoms with Crippen molar-refractivity contribution in [1.82, 2.24) is 15.2 Å². The van der Waals surface area contributed by atoms with Crippen LogP contribution in [-0.2, 0) is 15.8 Å². The SMILES string of the molecule is Cc1nc(NS(=O)(=O)Cc2ccc([N+](=O)[O-])cc2)n[nH]1. The molecule has 1 aromatic heterocycles. The maximum absolute atomic E-state index is 11.9. The molecule has 1 aromatic carbocycles. The number of nitro benzene ring substituents is 1. The molecular formula is C10H11N5O4S. The summed E-state index contributed by atoms with van der Waals surface area (Å²) in [5, 5.41) is 16.7. The van der Waals surface area contributed by atoms with E-state index < -0.39 is 14.9 Å². The molecular weight excluding hydrogens is 286 g/mol. The molecule has 0 aliphatic heterocycles. The lowest BCUT2D eigenvalue weighted by molar-refractivity contribution is -0.384. The molecule has 0 amide bonds. The molecule has 2 aromatic rings. The summed E-state index contributed by atoms with van der Waals surface area (Å²) < 4.78 is 25.9. The summed E-state index contributed by atoms with van der Waals surface area (Å²) in [4.78, 5) is 13.8. The highest BCUT2D eigenvalue weighted by Gasteiger charge is 2.15. The van der Waals surface area contributed by atoms with Gasteiger partial charge in [0.25, 0.3) is 11.6 Å². The van der Waals surface area contributed by atoms with E-state index in [-0.39, 0.29) is 17.4 Å². The van der Waals surface area contributed by atoms with Gasteiger partial charge in [0.05, 0.1) is 10.7 Å². The maximum atomic E-state index is 11.9. The second-order valence-corrected chi connectivity index (χ2v) is 5.75. The summed E-state index contributed by atoms with van der Waals surface area (Å²) in [6.07, 6.45) is 0. The Bertz CT molecular complexity index is 722. The van der Waals surface area contributed by atoms with Crippen molar-refractivity contribution < 1.29 is 13.3 Å². The zero-order valence-corrected chi connectivity index (χ0v) is 11.2. The molecule has 9 nitrogen and oxygen atoms in total. The van der Waals surface area contributed by atoms with Gasteiger partial charge in [-0.05, 0) is 12.5 Å². The molecule has 0 aliphatic rings. The number of sulfonamides is 1. The van der Waals surface area contributed by atoms with Gasteiger partial charge in [0.1, 0.15) is 5.82 Å². The molecule has 0 radical (unpaired) electrons. The fraction of sp³-hybridized carbons (Fsp3) is 0.200. The van der Waals surface area contributed by atoms with Crippen molar-refractivity contribution >= 4 is 21.7 Å². The van der Waals surface area contributed by atoms with Crippen LogP contribution in [0.5, 0.6) is 0 Å². The average Bonchev–Trinajstić information content (AvgIpc) is 2.73. The molecule has 10 heteroatoms. The first kappa shape index (κ1) is 13.9. The lowest BCUT2D eigenvalue weighted by atomic mass is 10.2. The Labute approximate surface area is 114 Å². The Morgan fingerprint density at radius 2 is 2.00 bits per heavy atom. The number of aromatic nitrogens is 3. The van der Waals surface area contributed by atoms with Gasteiger partial charge in [-0.2, -0.15) is 4.98 Å². The normalized spacial score (nSPS) is 11.2. The Morgan fingerprint density at radius 1 is 1.35 bits per heavy atom. The summed E-state index contributed by atoms with van der Waals surface area (Å²) in [5.74, 6) is 0.126. The zero-order valence-electron chi connectivity index (χ0n) is 10.4. The molecule has 0 unspecified atom stereocenters. The molecule has 1 heterocycles. The standard InChI is InChI=1S/C10H11N5O4S/c1-7-11-10(13-12-7)14-20(18,19)6-8-2-4-9(5-3-8)15(16)17/h2-5H,6H2,1H3,(H2,11,12,13,14). The van der Waals surface area contributed by atoms with Crippen LogP contribution in [0.25, 0.3) is 0 Å². The molecule has 20 heavy (non-hydrogen) atoms. The van der Waals surface area contributed by atoms with E-state index in [0.29, 0.717) is 11.4 Å². The fourth-order valence-electron chi connectivity index (χ4n) is 1.50. The molecule has 0 atom stereocenters. The van der Waals surface area contributed by atoms with E-state index in [1.54, 1.807) is 6.92 Å². The lowest BCUT2D eigenvalue weighted by Crippen LogP contribution is -2.16. The van der Waals surface area contributed by atoms with Crippen molar-refractivity contribution in [1.29, 1.82) is 0 Å². The van der Waals surface area contributed by atoms with Crippen molar-refractivity contribution in [3.8, 4) is 0 Å². The van der Waals surface area contributed by atoms with Crippen molar-refractivity contribution in [3.05, 3.63) is 45.8 Å². The summed E-state index contributed by atoms with van der Waals surface area (Å²) >= 11 is 0. The zero-order chi connectivity index (χ0) is 14.8. The fourth-order valence-corrected chi connectivity index (χ4v) is 2.57. The van der Waals surface area contributed by atoms with E-state index in [1.807, 2.05) is 0 Å². The van der Waals surface area contributed by atoms with Crippen molar-refractivity contribution in [2.75, 3.05) is 4.72 Å². The van der Waals surface area contributed by atoms with Crippen molar-refractivity contribution in [2.45, 2.75) is 12.7 Å². The lowest BCUT2D eigenvalue weighted by Gasteiger charge is -2.04. The third-order valence-corrected chi connectivity index (χ3v) is 3.55. The minimum Gasteiger partial charge on any atom is -0.261 e. The first-order valence-electron chi connectivity index (χ1n) is 5.48. The number of rotatable bonds is 5. The van der Waals surface area contributed by atoms with Gasteiger partial charge in [-0.15, -0.1) is 5.10 Å². The Kier molecular flexibility index (Phi) is 3.66. The van der Waals surface area contributed by atoms with E-state index in [9.17, 15) is 18.5 Å². The van der Waals surface area contributed by atoms with Crippen LogP contribution < -0.4 is 4.72 Å². The first-order valence-corrected chi connectivity index (χ1v) is 7.14. The van der Waals surface area contributed by atoms with Crippen LogP contribution in [-0.4, -0.2) is 28.5 Å². The number of benzene rings is 1. The van der Waals surface area contributed by atoms with Crippen LogP contribution in [0.4, 0.5) is 11.6 Å². The van der Waals surface area contributed by atoms with Crippen LogP contribution >= 0.6 is 0 Å². The number of nitro groups is 1. The summed E-state index contributed by atoms with van der Waals surface area (Å²) in [7, 11) is -3.67. The van der Waals surface area contributed by atoms with Crippen LogP contribution in [0.3, 0.4) is 0 Å². The topological polar surface area (TPSA) is 131 Å². The minimum absolute atomic E-state index is 0.0376. The largest absolute Gasteiger partial charge is 0.269 e. The van der Waals surface area contributed by atoms with Crippen LogP contribution in [0.1, 0.15) is 11.4 Å². The number of aryl methyl sites for hydroxylation is 1. The number of non-ortho nitro benzene ring substituents is 1. The van der Waals surface area contributed by atoms with E-state index in [1.165, 1.54) is 24.3 Å². The predicted octanol–water partition coefficient (Wildman–Crippen LogP) is 0.963. The molecule has 0 fully saturated rings. The van der Waals surface area contributed by atoms with E-state index in [4.69, 9.17) is 0 Å². The minimum atomic E-state index is -3.67. The van der Waals surface area contributed by atoms with Gasteiger partial charge < -0.3 is 0 Å². The van der Waals surface area contributed by atoms with Gasteiger partial charge in [-0.25, -0.2) is 13.1 Å². The molecule has 0 spiro atoms. The van der Waals surface area contributed by atoms with E-state index in [0.717, 1.165) is 0 Å². The number of nitrogens with one attached hydrogen (secondary N) is 2. The highest BCUT2D eigenvalue weighted by molar-refractivity contribution is 7.91. The molecule has 106 valence electrons.